The van der Waals surface area contributed by atoms with E-state index in [0.29, 0.717) is 35.9 Å². The minimum atomic E-state index is -0.0121. The molecule has 7 heteroatoms. The summed E-state index contributed by atoms with van der Waals surface area (Å²) in [5.74, 6) is -0.0121. The normalized spacial score (nSPS) is 13.9. The maximum absolute atomic E-state index is 13.1. The molecule has 1 amide bonds. The summed E-state index contributed by atoms with van der Waals surface area (Å²) in [4.78, 5) is 21.3. The third-order valence-electron chi connectivity index (χ3n) is 5.11. The van der Waals surface area contributed by atoms with Crippen molar-refractivity contribution in [1.82, 2.24) is 14.5 Å². The van der Waals surface area contributed by atoms with Crippen molar-refractivity contribution in [2.24, 2.45) is 0 Å². The molecular formula is C22H20ClN5O. The van der Waals surface area contributed by atoms with Gasteiger partial charge in [-0.2, -0.15) is 5.26 Å². The highest BCUT2D eigenvalue weighted by molar-refractivity contribution is 6.30. The Kier molecular flexibility index (Phi) is 5.50. The molecule has 2 heterocycles. The van der Waals surface area contributed by atoms with E-state index in [1.807, 2.05) is 45.9 Å². The van der Waals surface area contributed by atoms with Crippen molar-refractivity contribution in [3.05, 3.63) is 82.9 Å². The number of halogens is 1. The number of imidazole rings is 1. The number of hydrogen-bond acceptors (Lipinski definition) is 4. The van der Waals surface area contributed by atoms with E-state index >= 15 is 0 Å². The molecule has 0 aliphatic carbocycles. The molecule has 29 heavy (non-hydrogen) atoms. The van der Waals surface area contributed by atoms with Gasteiger partial charge in [-0.25, -0.2) is 4.98 Å². The van der Waals surface area contributed by atoms with Crippen molar-refractivity contribution in [3.63, 3.8) is 0 Å². The lowest BCUT2D eigenvalue weighted by Gasteiger charge is -2.36. The number of carbonyl (C=O) groups is 1. The molecule has 0 spiro atoms. The van der Waals surface area contributed by atoms with E-state index in [9.17, 15) is 4.79 Å². The summed E-state index contributed by atoms with van der Waals surface area (Å²) in [5, 5.41) is 9.64. The SMILES string of the molecule is N#Cc1ccc(Cn2cncc2C(=O)N2CCN(c3cccc(Cl)c3)CC2)cc1. The Morgan fingerprint density at radius 2 is 1.86 bits per heavy atom. The van der Waals surface area contributed by atoms with E-state index in [2.05, 4.69) is 16.0 Å². The number of aromatic nitrogens is 2. The van der Waals surface area contributed by atoms with Crippen LogP contribution in [-0.4, -0.2) is 46.5 Å². The molecule has 1 aliphatic rings. The molecule has 0 bridgehead atoms. The van der Waals surface area contributed by atoms with Gasteiger partial charge in [0.15, 0.2) is 0 Å². The molecule has 0 saturated carbocycles. The van der Waals surface area contributed by atoms with Crippen LogP contribution in [0, 0.1) is 11.3 Å². The monoisotopic (exact) mass is 405 g/mol. The van der Waals surface area contributed by atoms with Gasteiger partial charge < -0.3 is 14.4 Å². The van der Waals surface area contributed by atoms with Crippen molar-refractivity contribution in [3.8, 4) is 6.07 Å². The van der Waals surface area contributed by atoms with Crippen LogP contribution in [0.5, 0.6) is 0 Å². The minimum absolute atomic E-state index is 0.0121. The second-order valence-corrected chi connectivity index (χ2v) is 7.41. The maximum Gasteiger partial charge on any atom is 0.272 e. The molecular weight excluding hydrogens is 386 g/mol. The van der Waals surface area contributed by atoms with Crippen LogP contribution in [0.25, 0.3) is 0 Å². The first-order chi connectivity index (χ1) is 14.1. The molecule has 3 aromatic rings. The van der Waals surface area contributed by atoms with Crippen LogP contribution in [0.2, 0.25) is 5.02 Å². The van der Waals surface area contributed by atoms with Crippen LogP contribution in [-0.2, 0) is 6.54 Å². The zero-order chi connectivity index (χ0) is 20.2. The Balaban J connectivity index is 1.42. The minimum Gasteiger partial charge on any atom is -0.368 e. The van der Waals surface area contributed by atoms with E-state index in [1.165, 1.54) is 0 Å². The highest BCUT2D eigenvalue weighted by Crippen LogP contribution is 2.21. The van der Waals surface area contributed by atoms with Gasteiger partial charge in [0.05, 0.1) is 24.2 Å². The second-order valence-electron chi connectivity index (χ2n) is 6.97. The lowest BCUT2D eigenvalue weighted by Crippen LogP contribution is -2.49. The maximum atomic E-state index is 13.1. The van der Waals surface area contributed by atoms with E-state index in [4.69, 9.17) is 16.9 Å². The summed E-state index contributed by atoms with van der Waals surface area (Å²) in [6.45, 7) is 3.35. The van der Waals surface area contributed by atoms with Gasteiger partial charge in [-0.05, 0) is 35.9 Å². The molecule has 0 atom stereocenters. The molecule has 146 valence electrons. The van der Waals surface area contributed by atoms with Crippen molar-refractivity contribution in [2.75, 3.05) is 31.1 Å². The predicted molar refractivity (Wildman–Crippen MR) is 112 cm³/mol. The zero-order valence-electron chi connectivity index (χ0n) is 15.8. The zero-order valence-corrected chi connectivity index (χ0v) is 16.6. The molecule has 6 nitrogen and oxygen atoms in total. The Morgan fingerprint density at radius 1 is 1.10 bits per heavy atom. The topological polar surface area (TPSA) is 65.2 Å². The summed E-state index contributed by atoms with van der Waals surface area (Å²) in [7, 11) is 0. The third kappa shape index (κ3) is 4.25. The second kappa shape index (κ2) is 8.38. The third-order valence-corrected chi connectivity index (χ3v) is 5.34. The fourth-order valence-electron chi connectivity index (χ4n) is 3.51. The van der Waals surface area contributed by atoms with Crippen LogP contribution < -0.4 is 4.90 Å². The van der Waals surface area contributed by atoms with Gasteiger partial charge >= 0.3 is 0 Å². The number of carbonyl (C=O) groups excluding carboxylic acids is 1. The predicted octanol–water partition coefficient (Wildman–Crippen LogP) is 3.42. The van der Waals surface area contributed by atoms with Crippen molar-refractivity contribution in [2.45, 2.75) is 6.54 Å². The van der Waals surface area contributed by atoms with Crippen LogP contribution in [0.3, 0.4) is 0 Å². The summed E-state index contributed by atoms with van der Waals surface area (Å²) < 4.78 is 1.85. The number of nitriles is 1. The number of anilines is 1. The van der Waals surface area contributed by atoms with E-state index in [-0.39, 0.29) is 5.91 Å². The Morgan fingerprint density at radius 3 is 2.55 bits per heavy atom. The van der Waals surface area contributed by atoms with Crippen LogP contribution in [0.1, 0.15) is 21.6 Å². The molecule has 1 aromatic heterocycles. The Bertz CT molecular complexity index is 1050. The molecule has 1 saturated heterocycles. The number of hydrogen-bond donors (Lipinski definition) is 0. The molecule has 4 rings (SSSR count). The average molecular weight is 406 g/mol. The van der Waals surface area contributed by atoms with Gasteiger partial charge in [0.2, 0.25) is 0 Å². The van der Waals surface area contributed by atoms with Gasteiger partial charge in [0.1, 0.15) is 5.69 Å². The Hall–Kier alpha value is -3.30. The lowest BCUT2D eigenvalue weighted by molar-refractivity contribution is 0.0736. The first kappa shape index (κ1) is 19.0. The van der Waals surface area contributed by atoms with E-state index in [0.717, 1.165) is 24.3 Å². The standard InChI is InChI=1S/C22H20ClN5O/c23-19-2-1-3-20(12-19)26-8-10-27(11-9-26)22(29)21-14-25-16-28(21)15-18-6-4-17(13-24)5-7-18/h1-7,12,14,16H,8-11,15H2. The summed E-state index contributed by atoms with van der Waals surface area (Å²) >= 11 is 6.09. The van der Waals surface area contributed by atoms with Gasteiger partial charge in [-0.1, -0.05) is 29.8 Å². The Labute approximate surface area is 174 Å². The van der Waals surface area contributed by atoms with Crippen LogP contribution in [0.15, 0.2) is 61.1 Å². The van der Waals surface area contributed by atoms with E-state index < -0.39 is 0 Å². The summed E-state index contributed by atoms with van der Waals surface area (Å²) in [6.07, 6.45) is 3.29. The van der Waals surface area contributed by atoms with Crippen molar-refractivity contribution >= 4 is 23.2 Å². The van der Waals surface area contributed by atoms with Crippen molar-refractivity contribution in [1.29, 1.82) is 5.26 Å². The van der Waals surface area contributed by atoms with E-state index in [1.54, 1.807) is 24.7 Å². The number of amides is 1. The first-order valence-corrected chi connectivity index (χ1v) is 9.81. The molecule has 0 N–H and O–H groups in total. The number of piperazine rings is 1. The van der Waals surface area contributed by atoms with Crippen LogP contribution in [0.4, 0.5) is 5.69 Å². The molecule has 0 unspecified atom stereocenters. The lowest BCUT2D eigenvalue weighted by atomic mass is 10.1. The number of benzene rings is 2. The highest BCUT2D eigenvalue weighted by atomic mass is 35.5. The van der Waals surface area contributed by atoms with Crippen molar-refractivity contribution < 1.29 is 4.79 Å². The largest absolute Gasteiger partial charge is 0.368 e. The fourth-order valence-corrected chi connectivity index (χ4v) is 3.69. The van der Waals surface area contributed by atoms with Gasteiger partial charge in [-0.3, -0.25) is 4.79 Å². The molecule has 1 fully saturated rings. The summed E-state index contributed by atoms with van der Waals surface area (Å²) in [5.41, 5.74) is 3.29. The number of nitrogens with zero attached hydrogens (tertiary/aromatic N) is 5. The quantitative estimate of drug-likeness (QED) is 0.667. The average Bonchev–Trinajstić information content (AvgIpc) is 3.22. The van der Waals surface area contributed by atoms with Gasteiger partial charge in [0.25, 0.3) is 5.91 Å². The smallest absolute Gasteiger partial charge is 0.272 e. The highest BCUT2D eigenvalue weighted by Gasteiger charge is 2.24. The molecule has 0 radical (unpaired) electrons. The molecule has 1 aliphatic heterocycles. The van der Waals surface area contributed by atoms with Gasteiger partial charge in [-0.15, -0.1) is 0 Å². The number of rotatable bonds is 4. The van der Waals surface area contributed by atoms with Crippen LogP contribution >= 0.6 is 11.6 Å². The summed E-state index contributed by atoms with van der Waals surface area (Å²) in [6, 6.07) is 17.3. The van der Waals surface area contributed by atoms with Gasteiger partial charge in [0, 0.05) is 43.4 Å². The fraction of sp³-hybridized carbons (Fsp3) is 0.227. The molecule has 2 aromatic carbocycles. The first-order valence-electron chi connectivity index (χ1n) is 9.43.